The minimum absolute atomic E-state index is 0.112. The fourth-order valence-corrected chi connectivity index (χ4v) is 4.01. The van der Waals surface area contributed by atoms with Crippen LogP contribution >= 0.6 is 22.6 Å². The number of esters is 1. The number of nitrogens with one attached hydrogen (secondary N) is 2. The topological polar surface area (TPSA) is 93.7 Å². The van der Waals surface area contributed by atoms with Crippen molar-refractivity contribution in [3.05, 3.63) is 33.4 Å². The van der Waals surface area contributed by atoms with Crippen LogP contribution in [0.5, 0.6) is 0 Å². The van der Waals surface area contributed by atoms with Gasteiger partial charge in [0.25, 0.3) is 0 Å². The molecule has 0 aliphatic heterocycles. The first-order valence-corrected chi connectivity index (χ1v) is 11.7. The van der Waals surface area contributed by atoms with Crippen LogP contribution in [0.15, 0.2) is 24.3 Å². The maximum Gasteiger partial charge on any atom is 0.407 e. The van der Waals surface area contributed by atoms with Crippen LogP contribution in [-0.2, 0) is 25.5 Å². The van der Waals surface area contributed by atoms with Crippen LogP contribution in [0.2, 0.25) is 0 Å². The quantitative estimate of drug-likeness (QED) is 0.402. The summed E-state index contributed by atoms with van der Waals surface area (Å²) < 4.78 is 11.3. The number of methoxy groups -OCH3 is 1. The predicted octanol–water partition coefficient (Wildman–Crippen LogP) is 3.82. The summed E-state index contributed by atoms with van der Waals surface area (Å²) in [6, 6.07) is 7.14. The number of carbonyl (C=O) groups excluding carboxylic acids is 3. The van der Waals surface area contributed by atoms with E-state index in [1.807, 2.05) is 45.0 Å². The number of hydrogen-bond acceptors (Lipinski definition) is 5. The lowest BCUT2D eigenvalue weighted by Gasteiger charge is -2.29. The largest absolute Gasteiger partial charge is 0.467 e. The Morgan fingerprint density at radius 2 is 1.71 bits per heavy atom. The summed E-state index contributed by atoms with van der Waals surface area (Å²) in [6.45, 7) is 6.03. The van der Waals surface area contributed by atoms with Crippen LogP contribution in [0.4, 0.5) is 4.79 Å². The number of amides is 2. The van der Waals surface area contributed by atoms with E-state index < -0.39 is 23.7 Å². The Labute approximate surface area is 198 Å². The van der Waals surface area contributed by atoms with E-state index in [0.29, 0.717) is 18.9 Å². The minimum Gasteiger partial charge on any atom is -0.467 e. The van der Waals surface area contributed by atoms with Gasteiger partial charge in [0, 0.05) is 22.5 Å². The van der Waals surface area contributed by atoms with Crippen molar-refractivity contribution >= 4 is 40.6 Å². The second-order valence-electron chi connectivity index (χ2n) is 9.02. The smallest absolute Gasteiger partial charge is 0.407 e. The molecule has 1 aromatic carbocycles. The molecule has 1 saturated carbocycles. The van der Waals surface area contributed by atoms with Crippen molar-refractivity contribution in [3.8, 4) is 0 Å². The van der Waals surface area contributed by atoms with Crippen molar-refractivity contribution in [3.63, 3.8) is 0 Å². The van der Waals surface area contributed by atoms with Crippen molar-refractivity contribution in [1.29, 1.82) is 0 Å². The van der Waals surface area contributed by atoms with Gasteiger partial charge in [-0.05, 0) is 92.7 Å². The highest BCUT2D eigenvalue weighted by Crippen LogP contribution is 2.29. The Kier molecular flexibility index (Phi) is 9.58. The molecule has 1 aliphatic rings. The van der Waals surface area contributed by atoms with E-state index in [1.165, 1.54) is 7.11 Å². The van der Waals surface area contributed by atoms with E-state index in [9.17, 15) is 14.4 Å². The van der Waals surface area contributed by atoms with Crippen molar-refractivity contribution in [2.24, 2.45) is 11.8 Å². The molecule has 0 heterocycles. The van der Waals surface area contributed by atoms with Crippen LogP contribution in [0, 0.1) is 15.4 Å². The summed E-state index contributed by atoms with van der Waals surface area (Å²) in [6.07, 6.45) is 3.11. The Morgan fingerprint density at radius 3 is 2.26 bits per heavy atom. The number of carbonyl (C=O) groups is 3. The Balaban J connectivity index is 1.82. The average Bonchev–Trinajstić information content (AvgIpc) is 2.71. The molecule has 7 nitrogen and oxygen atoms in total. The molecule has 0 aromatic heterocycles. The molecule has 2 amide bonds. The molecule has 8 heteroatoms. The first-order chi connectivity index (χ1) is 14.6. The molecule has 1 aliphatic carbocycles. The SMILES string of the molecule is COC(=O)C(Cc1ccc(I)cc1)NC(=O)[C@H]1CC[C@H](CNC(=O)OC(C)(C)C)CC1. The number of rotatable bonds is 7. The molecule has 1 atom stereocenters. The normalized spacial score (nSPS) is 19.8. The maximum absolute atomic E-state index is 12.8. The van der Waals surface area contributed by atoms with Gasteiger partial charge >= 0.3 is 12.1 Å². The molecular weight excluding hydrogens is 511 g/mol. The van der Waals surface area contributed by atoms with Crippen LogP contribution in [0.3, 0.4) is 0 Å². The molecule has 1 fully saturated rings. The number of halogens is 1. The van der Waals surface area contributed by atoms with Gasteiger partial charge in [-0.25, -0.2) is 9.59 Å². The third-order valence-corrected chi connectivity index (χ3v) is 6.03. The van der Waals surface area contributed by atoms with Crippen molar-refractivity contribution in [2.75, 3.05) is 13.7 Å². The third kappa shape index (κ3) is 9.04. The highest BCUT2D eigenvalue weighted by Gasteiger charge is 2.30. The Hall–Kier alpha value is -1.84. The molecule has 31 heavy (non-hydrogen) atoms. The van der Waals surface area contributed by atoms with E-state index >= 15 is 0 Å². The molecule has 0 radical (unpaired) electrons. The van der Waals surface area contributed by atoms with Gasteiger partial charge in [0.15, 0.2) is 0 Å². The molecule has 0 bridgehead atoms. The van der Waals surface area contributed by atoms with Gasteiger partial charge in [-0.2, -0.15) is 0 Å². The second kappa shape index (κ2) is 11.7. The van der Waals surface area contributed by atoms with E-state index in [4.69, 9.17) is 9.47 Å². The summed E-state index contributed by atoms with van der Waals surface area (Å²) in [7, 11) is 1.33. The summed E-state index contributed by atoms with van der Waals surface area (Å²) >= 11 is 2.22. The lowest BCUT2D eigenvalue weighted by Crippen LogP contribution is -2.46. The number of hydrogen-bond donors (Lipinski definition) is 2. The molecule has 2 N–H and O–H groups in total. The molecular formula is C23H33IN2O5. The maximum atomic E-state index is 12.8. The van der Waals surface area contributed by atoms with Gasteiger partial charge in [-0.1, -0.05) is 12.1 Å². The minimum atomic E-state index is -0.705. The van der Waals surface area contributed by atoms with Crippen molar-refractivity contribution in [2.45, 2.75) is 64.5 Å². The molecule has 2 rings (SSSR count). The molecule has 172 valence electrons. The summed E-state index contributed by atoms with van der Waals surface area (Å²) in [5.74, 6) is -0.372. The lowest BCUT2D eigenvalue weighted by atomic mass is 9.81. The zero-order chi connectivity index (χ0) is 23.0. The Bertz CT molecular complexity index is 752. The van der Waals surface area contributed by atoms with Gasteiger partial charge < -0.3 is 20.1 Å². The fraction of sp³-hybridized carbons (Fsp3) is 0.609. The third-order valence-electron chi connectivity index (χ3n) is 5.31. The van der Waals surface area contributed by atoms with Gasteiger partial charge in [-0.15, -0.1) is 0 Å². The fourth-order valence-electron chi connectivity index (χ4n) is 3.65. The van der Waals surface area contributed by atoms with Crippen molar-refractivity contribution in [1.82, 2.24) is 10.6 Å². The first-order valence-electron chi connectivity index (χ1n) is 10.7. The standard InChI is InChI=1S/C23H33IN2O5/c1-23(2,3)31-22(29)25-14-16-5-9-17(10-6-16)20(27)26-19(21(28)30-4)13-15-7-11-18(24)12-8-15/h7-8,11-12,16-17,19H,5-6,9-10,13-14H2,1-4H3,(H,25,29)(H,26,27)/t16-,17-,19?. The highest BCUT2D eigenvalue weighted by atomic mass is 127. The monoisotopic (exact) mass is 544 g/mol. The predicted molar refractivity (Wildman–Crippen MR) is 126 cm³/mol. The van der Waals surface area contributed by atoms with Gasteiger partial charge in [0.1, 0.15) is 11.6 Å². The van der Waals surface area contributed by atoms with E-state index in [1.54, 1.807) is 0 Å². The summed E-state index contributed by atoms with van der Waals surface area (Å²) in [4.78, 5) is 36.8. The van der Waals surface area contributed by atoms with E-state index in [-0.39, 0.29) is 11.8 Å². The van der Waals surface area contributed by atoms with Gasteiger partial charge in [-0.3, -0.25) is 4.79 Å². The molecule has 1 aromatic rings. The number of ether oxygens (including phenoxy) is 2. The van der Waals surface area contributed by atoms with Crippen LogP contribution < -0.4 is 10.6 Å². The van der Waals surface area contributed by atoms with Crippen LogP contribution in [-0.4, -0.2) is 43.3 Å². The van der Waals surface area contributed by atoms with Gasteiger partial charge in [0.05, 0.1) is 7.11 Å². The lowest BCUT2D eigenvalue weighted by molar-refractivity contribution is -0.145. The summed E-state index contributed by atoms with van der Waals surface area (Å²) in [5.41, 5.74) is 0.446. The zero-order valence-corrected chi connectivity index (χ0v) is 20.9. The molecule has 0 saturated heterocycles. The van der Waals surface area contributed by atoms with E-state index in [2.05, 4.69) is 33.2 Å². The number of benzene rings is 1. The van der Waals surface area contributed by atoms with Crippen molar-refractivity contribution < 1.29 is 23.9 Å². The number of alkyl carbamates (subject to hydrolysis) is 1. The van der Waals surface area contributed by atoms with Gasteiger partial charge in [0.2, 0.25) is 5.91 Å². The van der Waals surface area contributed by atoms with Crippen LogP contribution in [0.25, 0.3) is 0 Å². The van der Waals surface area contributed by atoms with Crippen LogP contribution in [0.1, 0.15) is 52.0 Å². The molecule has 1 unspecified atom stereocenters. The average molecular weight is 544 g/mol. The first kappa shape index (κ1) is 25.4. The highest BCUT2D eigenvalue weighted by molar-refractivity contribution is 14.1. The Morgan fingerprint density at radius 1 is 1.10 bits per heavy atom. The second-order valence-corrected chi connectivity index (χ2v) is 10.3. The zero-order valence-electron chi connectivity index (χ0n) is 18.7. The summed E-state index contributed by atoms with van der Waals surface area (Å²) in [5, 5.41) is 5.70. The molecule has 0 spiro atoms. The van der Waals surface area contributed by atoms with E-state index in [0.717, 1.165) is 34.8 Å².